The number of hydrogen-bond acceptors (Lipinski definition) is 5. The molecule has 0 aromatic carbocycles. The Balaban J connectivity index is 2.05. The van der Waals surface area contributed by atoms with Crippen LogP contribution >= 0.6 is 24.0 Å². The molecule has 1 N–H and O–H groups in total. The summed E-state index contributed by atoms with van der Waals surface area (Å²) < 4.78 is 2.20. The van der Waals surface area contributed by atoms with Crippen LogP contribution in [-0.2, 0) is 11.8 Å². The number of rotatable bonds is 2. The molecular formula is C13H10N4OS2. The van der Waals surface area contributed by atoms with Crippen molar-refractivity contribution in [3.05, 3.63) is 41.2 Å². The van der Waals surface area contributed by atoms with Crippen LogP contribution in [0.4, 0.5) is 0 Å². The fraction of sp³-hybridized carbons (Fsp3) is 0.0769. The van der Waals surface area contributed by atoms with Crippen molar-refractivity contribution in [1.82, 2.24) is 20.1 Å². The molecule has 100 valence electrons. The van der Waals surface area contributed by atoms with Gasteiger partial charge in [-0.15, -0.1) is 0 Å². The maximum Gasteiger partial charge on any atom is 0.263 e. The number of thiocarbonyl (C=S) groups is 1. The maximum absolute atomic E-state index is 11.7. The molecule has 1 aliphatic rings. The van der Waals surface area contributed by atoms with E-state index >= 15 is 0 Å². The predicted molar refractivity (Wildman–Crippen MR) is 82.7 cm³/mol. The number of nitrogens with one attached hydrogen (secondary N) is 1. The first-order chi connectivity index (χ1) is 9.63. The molecule has 1 aliphatic heterocycles. The smallest absolute Gasteiger partial charge is 0.263 e. The lowest BCUT2D eigenvalue weighted by atomic mass is 10.1. The second kappa shape index (κ2) is 5.18. The average molecular weight is 302 g/mol. The van der Waals surface area contributed by atoms with Crippen molar-refractivity contribution >= 4 is 40.3 Å². The van der Waals surface area contributed by atoms with E-state index in [-0.39, 0.29) is 5.91 Å². The summed E-state index contributed by atoms with van der Waals surface area (Å²) in [6, 6.07) is 3.77. The molecule has 0 saturated carbocycles. The minimum absolute atomic E-state index is 0.162. The molecule has 1 saturated heterocycles. The Labute approximate surface area is 125 Å². The number of aryl methyl sites for hydroxylation is 1. The molecule has 1 fully saturated rings. The van der Waals surface area contributed by atoms with E-state index in [0.29, 0.717) is 9.23 Å². The van der Waals surface area contributed by atoms with Gasteiger partial charge in [0.15, 0.2) is 0 Å². The van der Waals surface area contributed by atoms with Gasteiger partial charge in [0.1, 0.15) is 4.32 Å². The van der Waals surface area contributed by atoms with Crippen molar-refractivity contribution in [1.29, 1.82) is 0 Å². The second-order valence-electron chi connectivity index (χ2n) is 4.19. The number of aromatic nitrogens is 3. The maximum atomic E-state index is 11.7. The molecule has 0 bridgehead atoms. The fourth-order valence-corrected chi connectivity index (χ4v) is 2.94. The van der Waals surface area contributed by atoms with Gasteiger partial charge in [-0.1, -0.05) is 24.0 Å². The zero-order valence-corrected chi connectivity index (χ0v) is 12.2. The third kappa shape index (κ3) is 2.50. The van der Waals surface area contributed by atoms with E-state index in [4.69, 9.17) is 12.2 Å². The molecule has 2 aromatic rings. The van der Waals surface area contributed by atoms with Gasteiger partial charge in [-0.2, -0.15) is 5.10 Å². The minimum atomic E-state index is -0.162. The first-order valence-electron chi connectivity index (χ1n) is 5.82. The Kier molecular flexibility index (Phi) is 3.37. The van der Waals surface area contributed by atoms with Gasteiger partial charge in [0.2, 0.25) is 0 Å². The van der Waals surface area contributed by atoms with E-state index in [1.165, 1.54) is 11.8 Å². The van der Waals surface area contributed by atoms with Gasteiger partial charge >= 0.3 is 0 Å². The third-order valence-electron chi connectivity index (χ3n) is 2.74. The molecular weight excluding hydrogens is 292 g/mol. The molecule has 7 heteroatoms. The lowest BCUT2D eigenvalue weighted by molar-refractivity contribution is -0.115. The zero-order valence-electron chi connectivity index (χ0n) is 10.5. The normalized spacial score (nSPS) is 16.8. The van der Waals surface area contributed by atoms with Crippen molar-refractivity contribution in [3.63, 3.8) is 0 Å². The Hall–Kier alpha value is -1.99. The van der Waals surface area contributed by atoms with Gasteiger partial charge in [-0.3, -0.25) is 14.5 Å². The molecule has 20 heavy (non-hydrogen) atoms. The molecule has 0 unspecified atom stereocenters. The molecule has 0 radical (unpaired) electrons. The Morgan fingerprint density at radius 2 is 2.15 bits per heavy atom. The molecule has 0 aliphatic carbocycles. The number of nitrogens with zero attached hydrogens (tertiary/aromatic N) is 3. The lowest BCUT2D eigenvalue weighted by Gasteiger charge is -1.98. The van der Waals surface area contributed by atoms with Crippen molar-refractivity contribution < 1.29 is 4.79 Å². The SMILES string of the molecule is Cn1cc(C=C2SC(=S)NC2=O)c(-c2ccncc2)n1. The molecule has 2 aromatic heterocycles. The highest BCUT2D eigenvalue weighted by atomic mass is 32.2. The summed E-state index contributed by atoms with van der Waals surface area (Å²) in [6.45, 7) is 0. The topological polar surface area (TPSA) is 59.8 Å². The summed E-state index contributed by atoms with van der Waals surface area (Å²) in [5.74, 6) is -0.162. The largest absolute Gasteiger partial charge is 0.307 e. The standard InChI is InChI=1S/C13H10N4OS2/c1-17-7-9(6-10-12(18)15-13(19)20-10)11(16-17)8-2-4-14-5-3-8/h2-7H,1H3,(H,15,18,19). The van der Waals surface area contributed by atoms with Crippen LogP contribution in [0, 0.1) is 0 Å². The minimum Gasteiger partial charge on any atom is -0.307 e. The summed E-state index contributed by atoms with van der Waals surface area (Å²) in [7, 11) is 1.85. The summed E-state index contributed by atoms with van der Waals surface area (Å²) in [6.07, 6.45) is 7.11. The molecule has 0 atom stereocenters. The van der Waals surface area contributed by atoms with Crippen LogP contribution in [0.5, 0.6) is 0 Å². The molecule has 3 heterocycles. The number of thioether (sulfide) groups is 1. The zero-order chi connectivity index (χ0) is 14.1. The van der Waals surface area contributed by atoms with E-state index in [9.17, 15) is 4.79 Å². The fourth-order valence-electron chi connectivity index (χ4n) is 1.91. The first kappa shape index (κ1) is 13.0. The first-order valence-corrected chi connectivity index (χ1v) is 7.05. The van der Waals surface area contributed by atoms with E-state index < -0.39 is 0 Å². The molecule has 5 nitrogen and oxygen atoms in total. The lowest BCUT2D eigenvalue weighted by Crippen LogP contribution is -2.17. The quantitative estimate of drug-likeness (QED) is 0.679. The van der Waals surface area contributed by atoms with E-state index in [0.717, 1.165) is 16.8 Å². The monoisotopic (exact) mass is 302 g/mol. The van der Waals surface area contributed by atoms with Crippen molar-refractivity contribution in [2.24, 2.45) is 7.05 Å². The molecule has 1 amide bonds. The number of pyridine rings is 1. The van der Waals surface area contributed by atoms with Gasteiger partial charge in [0.05, 0.1) is 10.6 Å². The Morgan fingerprint density at radius 3 is 2.80 bits per heavy atom. The summed E-state index contributed by atoms with van der Waals surface area (Å²) in [5, 5.41) is 7.04. The van der Waals surface area contributed by atoms with E-state index in [2.05, 4.69) is 15.4 Å². The summed E-state index contributed by atoms with van der Waals surface area (Å²) >= 11 is 6.25. The number of amides is 1. The van der Waals surface area contributed by atoms with Crippen molar-refractivity contribution in [2.75, 3.05) is 0 Å². The van der Waals surface area contributed by atoms with Gasteiger partial charge in [0.25, 0.3) is 5.91 Å². The third-order valence-corrected chi connectivity index (χ3v) is 3.90. The van der Waals surface area contributed by atoms with Crippen LogP contribution in [0.2, 0.25) is 0 Å². The van der Waals surface area contributed by atoms with Crippen molar-refractivity contribution in [2.45, 2.75) is 0 Å². The van der Waals surface area contributed by atoms with Gasteiger partial charge in [0, 0.05) is 36.8 Å². The number of carbonyl (C=O) groups excluding carboxylic acids is 1. The summed E-state index contributed by atoms with van der Waals surface area (Å²) in [4.78, 5) is 16.3. The van der Waals surface area contributed by atoms with Crippen LogP contribution in [-0.4, -0.2) is 25.0 Å². The van der Waals surface area contributed by atoms with Crippen LogP contribution < -0.4 is 5.32 Å². The van der Waals surface area contributed by atoms with Crippen LogP contribution in [0.3, 0.4) is 0 Å². The molecule has 3 rings (SSSR count). The Bertz CT molecular complexity index is 721. The van der Waals surface area contributed by atoms with Gasteiger partial charge in [-0.25, -0.2) is 0 Å². The van der Waals surface area contributed by atoms with Gasteiger partial charge < -0.3 is 5.32 Å². The van der Waals surface area contributed by atoms with Crippen molar-refractivity contribution in [3.8, 4) is 11.3 Å². The van der Waals surface area contributed by atoms with E-state index in [1.807, 2.05) is 31.5 Å². The van der Waals surface area contributed by atoms with Gasteiger partial charge in [-0.05, 0) is 18.2 Å². The highest BCUT2D eigenvalue weighted by molar-refractivity contribution is 8.26. The molecule has 0 spiro atoms. The average Bonchev–Trinajstić information content (AvgIpc) is 2.94. The highest BCUT2D eigenvalue weighted by Crippen LogP contribution is 2.29. The van der Waals surface area contributed by atoms with E-state index in [1.54, 1.807) is 17.1 Å². The van der Waals surface area contributed by atoms with Crippen LogP contribution in [0.25, 0.3) is 17.3 Å². The second-order valence-corrected chi connectivity index (χ2v) is 5.91. The Morgan fingerprint density at radius 1 is 1.40 bits per heavy atom. The highest BCUT2D eigenvalue weighted by Gasteiger charge is 2.23. The number of hydrogen-bond donors (Lipinski definition) is 1. The predicted octanol–water partition coefficient (Wildman–Crippen LogP) is 1.97. The number of carbonyl (C=O) groups is 1. The van der Waals surface area contributed by atoms with Crippen LogP contribution in [0.1, 0.15) is 5.56 Å². The summed E-state index contributed by atoms with van der Waals surface area (Å²) in [5.41, 5.74) is 2.65. The van der Waals surface area contributed by atoms with Crippen LogP contribution in [0.15, 0.2) is 35.6 Å².